The van der Waals surface area contributed by atoms with Gasteiger partial charge in [0.2, 0.25) is 0 Å². The van der Waals surface area contributed by atoms with Gasteiger partial charge in [-0.1, -0.05) is 13.8 Å². The molecule has 0 unspecified atom stereocenters. The molecule has 0 spiro atoms. The minimum atomic E-state index is -4.16. The van der Waals surface area contributed by atoms with Gasteiger partial charge in [0.1, 0.15) is 5.01 Å². The Morgan fingerprint density at radius 3 is 2.55 bits per heavy atom. The average molecular weight is 450 g/mol. The summed E-state index contributed by atoms with van der Waals surface area (Å²) >= 11 is 1.51. The maximum absolute atomic E-state index is 12.1. The van der Waals surface area contributed by atoms with Crippen LogP contribution < -0.4 is 10.6 Å². The largest absolute Gasteiger partial charge is 0.390 e. The first-order valence-corrected chi connectivity index (χ1v) is 7.73. The van der Waals surface area contributed by atoms with Crippen molar-refractivity contribution in [1.29, 1.82) is 0 Å². The van der Waals surface area contributed by atoms with Crippen LogP contribution in [0.2, 0.25) is 0 Å². The number of thiazole rings is 1. The Morgan fingerprint density at radius 2 is 2.05 bits per heavy atom. The van der Waals surface area contributed by atoms with Crippen LogP contribution in [0.4, 0.5) is 13.2 Å². The van der Waals surface area contributed by atoms with Crippen LogP contribution in [0, 0.1) is 0 Å². The molecular formula is C13H22F3IN4S. The summed E-state index contributed by atoms with van der Waals surface area (Å²) in [5.41, 5.74) is 1.01. The van der Waals surface area contributed by atoms with E-state index in [9.17, 15) is 13.2 Å². The highest BCUT2D eigenvalue weighted by molar-refractivity contribution is 14.0. The summed E-state index contributed by atoms with van der Waals surface area (Å²) in [5.74, 6) is 0.736. The van der Waals surface area contributed by atoms with Gasteiger partial charge in [-0.2, -0.15) is 13.2 Å². The second-order valence-electron chi connectivity index (χ2n) is 4.81. The zero-order valence-corrected chi connectivity index (χ0v) is 16.0. The molecule has 4 nitrogen and oxygen atoms in total. The number of aromatic nitrogens is 1. The highest BCUT2D eigenvalue weighted by Crippen LogP contribution is 2.19. The molecule has 0 aliphatic carbocycles. The summed E-state index contributed by atoms with van der Waals surface area (Å²) in [5, 5.41) is 8.43. The molecule has 1 aromatic heterocycles. The van der Waals surface area contributed by atoms with E-state index in [1.807, 2.05) is 12.3 Å². The molecule has 0 bridgehead atoms. The normalized spacial score (nSPS) is 12.2. The van der Waals surface area contributed by atoms with E-state index in [1.54, 1.807) is 0 Å². The van der Waals surface area contributed by atoms with Gasteiger partial charge >= 0.3 is 6.18 Å². The molecular weight excluding hydrogens is 428 g/mol. The fraction of sp³-hybridized carbons (Fsp3) is 0.692. The second kappa shape index (κ2) is 10.2. The van der Waals surface area contributed by atoms with Crippen LogP contribution in [0.1, 0.15) is 43.8 Å². The first-order valence-electron chi connectivity index (χ1n) is 6.85. The van der Waals surface area contributed by atoms with Gasteiger partial charge in [-0.3, -0.25) is 0 Å². The number of alkyl halides is 3. The van der Waals surface area contributed by atoms with Gasteiger partial charge < -0.3 is 10.6 Å². The minimum Gasteiger partial charge on any atom is -0.357 e. The molecule has 1 rings (SSSR count). The zero-order valence-electron chi connectivity index (χ0n) is 12.8. The molecule has 0 aliphatic rings. The molecule has 9 heteroatoms. The summed E-state index contributed by atoms with van der Waals surface area (Å²) in [6.45, 7) is 6.74. The van der Waals surface area contributed by atoms with Crippen LogP contribution in [-0.4, -0.2) is 30.2 Å². The first kappa shape index (κ1) is 21.4. The van der Waals surface area contributed by atoms with Crippen LogP contribution in [0.3, 0.4) is 0 Å². The highest BCUT2D eigenvalue weighted by Gasteiger charge is 2.26. The number of halogens is 4. The molecule has 0 atom stereocenters. The summed E-state index contributed by atoms with van der Waals surface area (Å²) in [6.07, 6.45) is -5.04. The van der Waals surface area contributed by atoms with Gasteiger partial charge in [0.15, 0.2) is 5.96 Å². The van der Waals surface area contributed by atoms with Crippen LogP contribution in [0.15, 0.2) is 10.4 Å². The fourth-order valence-corrected chi connectivity index (χ4v) is 2.35. The standard InChI is InChI=1S/C13H21F3N4S.HI/c1-4-17-12(18-6-5-13(14,15)16)19-7-11-20-10(8-21-11)9(2)3;/h8-9H,4-7H2,1-3H3,(H2,17,18,19);1H. The lowest BCUT2D eigenvalue weighted by Gasteiger charge is -2.12. The molecule has 0 radical (unpaired) electrons. The Labute approximate surface area is 150 Å². The molecule has 2 N–H and O–H groups in total. The summed E-state index contributed by atoms with van der Waals surface area (Å²) in [6, 6.07) is 0. The third-order valence-electron chi connectivity index (χ3n) is 2.58. The predicted octanol–water partition coefficient (Wildman–Crippen LogP) is 3.89. The first-order chi connectivity index (χ1) is 9.81. The molecule has 0 amide bonds. The van der Waals surface area contributed by atoms with E-state index in [0.717, 1.165) is 10.7 Å². The van der Waals surface area contributed by atoms with Gasteiger partial charge in [-0.05, 0) is 12.8 Å². The predicted molar refractivity (Wildman–Crippen MR) is 95.1 cm³/mol. The van der Waals surface area contributed by atoms with Crippen molar-refractivity contribution in [2.75, 3.05) is 13.1 Å². The van der Waals surface area contributed by atoms with Crippen LogP contribution in [0.25, 0.3) is 0 Å². The Morgan fingerprint density at radius 1 is 1.36 bits per heavy atom. The van der Waals surface area contributed by atoms with Crippen molar-refractivity contribution in [2.45, 2.75) is 45.8 Å². The molecule has 0 fully saturated rings. The van der Waals surface area contributed by atoms with Crippen LogP contribution in [-0.2, 0) is 6.54 Å². The van der Waals surface area contributed by atoms with E-state index in [1.165, 1.54) is 11.3 Å². The van der Waals surface area contributed by atoms with Crippen molar-refractivity contribution in [3.05, 3.63) is 16.1 Å². The lowest BCUT2D eigenvalue weighted by molar-refractivity contribution is -0.132. The van der Waals surface area contributed by atoms with E-state index < -0.39 is 12.6 Å². The quantitative estimate of drug-likeness (QED) is 0.393. The lowest BCUT2D eigenvalue weighted by Crippen LogP contribution is -2.38. The molecule has 1 aromatic rings. The van der Waals surface area contributed by atoms with E-state index in [4.69, 9.17) is 0 Å². The summed E-state index contributed by atoms with van der Waals surface area (Å²) < 4.78 is 36.3. The Hall–Kier alpha value is -0.580. The molecule has 0 saturated heterocycles. The Bertz CT molecular complexity index is 460. The number of hydrogen-bond donors (Lipinski definition) is 2. The number of guanidine groups is 1. The van der Waals surface area contributed by atoms with Crippen molar-refractivity contribution >= 4 is 41.3 Å². The van der Waals surface area contributed by atoms with E-state index >= 15 is 0 Å². The van der Waals surface area contributed by atoms with E-state index in [0.29, 0.717) is 25.0 Å². The van der Waals surface area contributed by atoms with E-state index in [2.05, 4.69) is 34.5 Å². The Kier molecular flexibility index (Phi) is 9.97. The third kappa shape index (κ3) is 8.76. The molecule has 0 aliphatic heterocycles. The fourth-order valence-electron chi connectivity index (χ4n) is 1.47. The molecule has 0 saturated carbocycles. The molecule has 1 heterocycles. The zero-order chi connectivity index (χ0) is 15.9. The number of rotatable bonds is 6. The van der Waals surface area contributed by atoms with Gasteiger partial charge in [-0.25, -0.2) is 9.98 Å². The number of nitrogens with zero attached hydrogens (tertiary/aromatic N) is 2. The SMILES string of the molecule is CCNC(=NCc1nc(C(C)C)cs1)NCCC(F)(F)F.I. The van der Waals surface area contributed by atoms with Gasteiger partial charge in [0.25, 0.3) is 0 Å². The number of aliphatic imine (C=N–C) groups is 1. The van der Waals surface area contributed by atoms with Crippen molar-refractivity contribution in [3.63, 3.8) is 0 Å². The molecule has 128 valence electrons. The van der Waals surface area contributed by atoms with Gasteiger partial charge in [0, 0.05) is 18.5 Å². The average Bonchev–Trinajstić information content (AvgIpc) is 2.83. The third-order valence-corrected chi connectivity index (χ3v) is 3.43. The maximum Gasteiger partial charge on any atom is 0.390 e. The van der Waals surface area contributed by atoms with Crippen molar-refractivity contribution in [1.82, 2.24) is 15.6 Å². The topological polar surface area (TPSA) is 49.3 Å². The smallest absolute Gasteiger partial charge is 0.357 e. The van der Waals surface area contributed by atoms with Crippen LogP contribution in [0.5, 0.6) is 0 Å². The van der Waals surface area contributed by atoms with Gasteiger partial charge in [0.05, 0.1) is 18.7 Å². The summed E-state index contributed by atoms with van der Waals surface area (Å²) in [7, 11) is 0. The van der Waals surface area contributed by atoms with Crippen LogP contribution >= 0.6 is 35.3 Å². The van der Waals surface area contributed by atoms with E-state index in [-0.39, 0.29) is 30.5 Å². The molecule has 22 heavy (non-hydrogen) atoms. The van der Waals surface area contributed by atoms with Crippen molar-refractivity contribution < 1.29 is 13.2 Å². The highest BCUT2D eigenvalue weighted by atomic mass is 127. The second-order valence-corrected chi connectivity index (χ2v) is 5.75. The number of nitrogens with one attached hydrogen (secondary N) is 2. The minimum absolute atomic E-state index is 0. The van der Waals surface area contributed by atoms with Crippen molar-refractivity contribution in [3.8, 4) is 0 Å². The monoisotopic (exact) mass is 450 g/mol. The number of hydrogen-bond acceptors (Lipinski definition) is 3. The lowest BCUT2D eigenvalue weighted by atomic mass is 10.2. The molecule has 0 aromatic carbocycles. The Balaban J connectivity index is 0.00000441. The summed E-state index contributed by atoms with van der Waals surface area (Å²) in [4.78, 5) is 8.69. The van der Waals surface area contributed by atoms with Crippen molar-refractivity contribution in [2.24, 2.45) is 4.99 Å². The van der Waals surface area contributed by atoms with Gasteiger partial charge in [-0.15, -0.1) is 35.3 Å². The maximum atomic E-state index is 12.1.